The van der Waals surface area contributed by atoms with Crippen LogP contribution in [-0.4, -0.2) is 16.1 Å². The van der Waals surface area contributed by atoms with Gasteiger partial charge >= 0.3 is 5.97 Å². The second-order valence-corrected chi connectivity index (χ2v) is 4.14. The minimum Gasteiger partial charge on any atom is -0.478 e. The van der Waals surface area contributed by atoms with Crippen LogP contribution in [0.2, 0.25) is 0 Å². The van der Waals surface area contributed by atoms with Gasteiger partial charge in [0.1, 0.15) is 0 Å². The molecule has 100 valence electrons. The molecule has 0 aliphatic carbocycles. The average molecular weight is 265 g/mol. The van der Waals surface area contributed by atoms with Gasteiger partial charge in [-0.1, -0.05) is 60.7 Å². The van der Waals surface area contributed by atoms with E-state index in [0.717, 1.165) is 0 Å². The van der Waals surface area contributed by atoms with Crippen LogP contribution >= 0.6 is 0 Å². The van der Waals surface area contributed by atoms with Crippen LogP contribution in [0.4, 0.5) is 0 Å². The molecule has 0 bridgehead atoms. The van der Waals surface area contributed by atoms with Crippen molar-refractivity contribution in [1.29, 1.82) is 0 Å². The number of H-pyrrole nitrogens is 1. The fourth-order valence-corrected chi connectivity index (χ4v) is 1.72. The Kier molecular flexibility index (Phi) is 4.73. The van der Waals surface area contributed by atoms with E-state index in [1.807, 2.05) is 12.1 Å². The van der Waals surface area contributed by atoms with Crippen LogP contribution in [0.5, 0.6) is 0 Å². The van der Waals surface area contributed by atoms with E-state index in [0.29, 0.717) is 5.56 Å². The molecule has 3 aromatic rings. The Balaban J connectivity index is 0.000000160. The Morgan fingerprint density at radius 1 is 0.800 bits per heavy atom. The summed E-state index contributed by atoms with van der Waals surface area (Å²) >= 11 is 0. The Hall–Kier alpha value is -2.81. The Morgan fingerprint density at radius 2 is 1.30 bits per heavy atom. The number of aromatic nitrogens is 1. The topological polar surface area (TPSA) is 53.1 Å². The molecule has 0 amide bonds. The number of aromatic amines is 1. The van der Waals surface area contributed by atoms with Crippen LogP contribution in [0.15, 0.2) is 79.1 Å². The van der Waals surface area contributed by atoms with Crippen molar-refractivity contribution >= 4 is 5.97 Å². The molecule has 0 saturated heterocycles. The first kappa shape index (κ1) is 13.6. The fourth-order valence-electron chi connectivity index (χ4n) is 1.72. The van der Waals surface area contributed by atoms with Crippen LogP contribution in [0.3, 0.4) is 0 Å². The molecule has 0 spiro atoms. The van der Waals surface area contributed by atoms with E-state index in [-0.39, 0.29) is 0 Å². The first-order valence-corrected chi connectivity index (χ1v) is 6.24. The first-order valence-electron chi connectivity index (χ1n) is 6.24. The number of nitrogens with one attached hydrogen (secondary N) is 1. The van der Waals surface area contributed by atoms with E-state index >= 15 is 0 Å². The predicted octanol–water partition coefficient (Wildman–Crippen LogP) is 4.07. The van der Waals surface area contributed by atoms with Crippen LogP contribution in [-0.2, 0) is 0 Å². The Morgan fingerprint density at radius 3 is 1.60 bits per heavy atom. The summed E-state index contributed by atoms with van der Waals surface area (Å²) in [5.41, 5.74) is 2.85. The van der Waals surface area contributed by atoms with Gasteiger partial charge in [-0.3, -0.25) is 0 Å². The lowest BCUT2D eigenvalue weighted by Crippen LogP contribution is -1.91. The molecule has 0 atom stereocenters. The number of hydrogen-bond acceptors (Lipinski definition) is 1. The second kappa shape index (κ2) is 6.95. The summed E-state index contributed by atoms with van der Waals surface area (Å²) < 4.78 is 0. The van der Waals surface area contributed by atoms with Gasteiger partial charge in [0.05, 0.1) is 5.56 Å². The number of carboxylic acids is 1. The van der Waals surface area contributed by atoms with Crippen molar-refractivity contribution in [2.45, 2.75) is 0 Å². The fraction of sp³-hybridized carbons (Fsp3) is 0. The van der Waals surface area contributed by atoms with Gasteiger partial charge in [-0.2, -0.15) is 0 Å². The van der Waals surface area contributed by atoms with Crippen LogP contribution in [0.1, 0.15) is 10.4 Å². The molecule has 0 saturated carbocycles. The standard InChI is InChI=1S/C12H10.C5H5NO2/c1-3-7-11(8-4-1)12-9-5-2-6-10-12;7-5(8)4-1-2-6-3-4/h1-10H;1-3,6H,(H,7,8). The van der Waals surface area contributed by atoms with Crippen molar-refractivity contribution in [3.05, 3.63) is 84.7 Å². The normalized spacial score (nSPS) is 9.40. The van der Waals surface area contributed by atoms with Crippen molar-refractivity contribution in [3.63, 3.8) is 0 Å². The summed E-state index contributed by atoms with van der Waals surface area (Å²) in [7, 11) is 0. The molecule has 1 heterocycles. The molecular formula is C17H15NO2. The summed E-state index contributed by atoms with van der Waals surface area (Å²) in [6.45, 7) is 0. The number of carbonyl (C=O) groups is 1. The van der Waals surface area contributed by atoms with Gasteiger partial charge in [-0.05, 0) is 17.2 Å². The molecule has 0 aliphatic rings. The van der Waals surface area contributed by atoms with Crippen molar-refractivity contribution < 1.29 is 9.90 Å². The highest BCUT2D eigenvalue weighted by Crippen LogP contribution is 2.17. The molecule has 3 heteroatoms. The third-order valence-electron chi connectivity index (χ3n) is 2.73. The third-order valence-corrected chi connectivity index (χ3v) is 2.73. The summed E-state index contributed by atoms with van der Waals surface area (Å²) in [6, 6.07) is 22.3. The Bertz CT molecular complexity index is 594. The molecule has 1 aromatic heterocycles. The minimum absolute atomic E-state index is 0.296. The maximum atomic E-state index is 10.0. The highest BCUT2D eigenvalue weighted by molar-refractivity contribution is 5.87. The zero-order valence-electron chi connectivity index (χ0n) is 10.9. The number of rotatable bonds is 2. The van der Waals surface area contributed by atoms with Crippen molar-refractivity contribution in [3.8, 4) is 11.1 Å². The lowest BCUT2D eigenvalue weighted by atomic mass is 10.1. The van der Waals surface area contributed by atoms with Crippen LogP contribution in [0, 0.1) is 0 Å². The molecule has 0 unspecified atom stereocenters. The second-order valence-electron chi connectivity index (χ2n) is 4.14. The van der Waals surface area contributed by atoms with Crippen molar-refractivity contribution in [2.75, 3.05) is 0 Å². The van der Waals surface area contributed by atoms with Gasteiger partial charge in [0, 0.05) is 12.4 Å². The van der Waals surface area contributed by atoms with Gasteiger partial charge in [0.15, 0.2) is 0 Å². The quantitative estimate of drug-likeness (QED) is 0.734. The molecule has 20 heavy (non-hydrogen) atoms. The molecule has 2 N–H and O–H groups in total. The van der Waals surface area contributed by atoms with Crippen LogP contribution < -0.4 is 0 Å². The number of benzene rings is 2. The molecule has 2 aromatic carbocycles. The summed E-state index contributed by atoms with van der Waals surface area (Å²) in [5, 5.41) is 8.25. The molecule has 3 nitrogen and oxygen atoms in total. The minimum atomic E-state index is -0.897. The van der Waals surface area contributed by atoms with Crippen LogP contribution in [0.25, 0.3) is 11.1 Å². The van der Waals surface area contributed by atoms with E-state index < -0.39 is 5.97 Å². The number of hydrogen-bond donors (Lipinski definition) is 2. The maximum Gasteiger partial charge on any atom is 0.337 e. The summed E-state index contributed by atoms with van der Waals surface area (Å²) in [5.74, 6) is -0.897. The van der Waals surface area contributed by atoms with Gasteiger partial charge in [-0.15, -0.1) is 0 Å². The zero-order chi connectivity index (χ0) is 14.2. The van der Waals surface area contributed by atoms with Gasteiger partial charge in [-0.25, -0.2) is 4.79 Å². The number of carboxylic acid groups (broad SMARTS) is 1. The summed E-state index contributed by atoms with van der Waals surface area (Å²) in [6.07, 6.45) is 3.01. The van der Waals surface area contributed by atoms with E-state index in [1.54, 1.807) is 6.20 Å². The smallest absolute Gasteiger partial charge is 0.337 e. The molecule has 0 fully saturated rings. The number of aromatic carboxylic acids is 1. The van der Waals surface area contributed by atoms with Crippen molar-refractivity contribution in [2.24, 2.45) is 0 Å². The molecule has 0 aliphatic heterocycles. The highest BCUT2D eigenvalue weighted by Gasteiger charge is 1.98. The molecule has 0 radical (unpaired) electrons. The first-order chi connectivity index (χ1) is 9.77. The maximum absolute atomic E-state index is 10.0. The third kappa shape index (κ3) is 3.85. The van der Waals surface area contributed by atoms with Gasteiger partial charge < -0.3 is 10.1 Å². The van der Waals surface area contributed by atoms with Gasteiger partial charge in [0.25, 0.3) is 0 Å². The lowest BCUT2D eigenvalue weighted by Gasteiger charge is -1.98. The summed E-state index contributed by atoms with van der Waals surface area (Å²) in [4.78, 5) is 12.7. The van der Waals surface area contributed by atoms with E-state index in [1.165, 1.54) is 23.4 Å². The van der Waals surface area contributed by atoms with Crippen molar-refractivity contribution in [1.82, 2.24) is 4.98 Å². The molecule has 3 rings (SSSR count). The van der Waals surface area contributed by atoms with E-state index in [9.17, 15) is 4.79 Å². The zero-order valence-corrected chi connectivity index (χ0v) is 10.9. The lowest BCUT2D eigenvalue weighted by molar-refractivity contribution is 0.0697. The average Bonchev–Trinajstić information content (AvgIpc) is 3.04. The predicted molar refractivity (Wildman–Crippen MR) is 79.6 cm³/mol. The van der Waals surface area contributed by atoms with E-state index in [4.69, 9.17) is 5.11 Å². The highest BCUT2D eigenvalue weighted by atomic mass is 16.4. The van der Waals surface area contributed by atoms with Gasteiger partial charge in [0.2, 0.25) is 0 Å². The largest absolute Gasteiger partial charge is 0.478 e. The Labute approximate surface area is 117 Å². The SMILES string of the molecule is O=C(O)c1cc[nH]c1.c1ccc(-c2ccccc2)cc1. The van der Waals surface area contributed by atoms with E-state index in [2.05, 4.69) is 53.5 Å². The monoisotopic (exact) mass is 265 g/mol. The molecular weight excluding hydrogens is 250 g/mol.